The van der Waals surface area contributed by atoms with Crippen molar-refractivity contribution in [1.82, 2.24) is 5.32 Å². The minimum Gasteiger partial charge on any atom is -0.459 e. The van der Waals surface area contributed by atoms with Crippen LogP contribution in [0.25, 0.3) is 0 Å². The minimum atomic E-state index is -0.360. The van der Waals surface area contributed by atoms with E-state index >= 15 is 0 Å². The molecule has 1 saturated heterocycles. The molecule has 1 heterocycles. The molecule has 0 unspecified atom stereocenters. The third kappa shape index (κ3) is 7.36. The van der Waals surface area contributed by atoms with E-state index in [1.807, 2.05) is 20.8 Å². The summed E-state index contributed by atoms with van der Waals surface area (Å²) in [5.41, 5.74) is -0.360. The van der Waals surface area contributed by atoms with Crippen molar-refractivity contribution in [2.45, 2.75) is 45.3 Å². The van der Waals surface area contributed by atoms with Gasteiger partial charge in [-0.05, 0) is 40.2 Å². The molecule has 0 saturated carbocycles. The summed E-state index contributed by atoms with van der Waals surface area (Å²) in [6.45, 7) is 6.60. The van der Waals surface area contributed by atoms with Gasteiger partial charge in [0.1, 0.15) is 11.6 Å². The Labute approximate surface area is 91.1 Å². The maximum atomic E-state index is 11.4. The first-order valence-corrected chi connectivity index (χ1v) is 4.97. The van der Waals surface area contributed by atoms with Gasteiger partial charge in [-0.2, -0.15) is 0 Å². The minimum absolute atomic E-state index is 0. The van der Waals surface area contributed by atoms with E-state index in [4.69, 9.17) is 14.8 Å². The number of carbonyl (C=O) groups is 1. The monoisotopic (exact) mass is 216 g/mol. The van der Waals surface area contributed by atoms with Crippen molar-refractivity contribution in [2.24, 2.45) is 0 Å². The number of ether oxygens (including phenoxy) is 1. The molecule has 1 aliphatic rings. The van der Waals surface area contributed by atoms with Gasteiger partial charge in [0.25, 0.3) is 0 Å². The van der Waals surface area contributed by atoms with Gasteiger partial charge >= 0.3 is 13.7 Å². The molecule has 1 aliphatic heterocycles. The predicted molar refractivity (Wildman–Crippen MR) is 57.1 cm³/mol. The Balaban J connectivity index is 0.000000583. The molecule has 6 heteroatoms. The van der Waals surface area contributed by atoms with Gasteiger partial charge in [0.2, 0.25) is 0 Å². The van der Waals surface area contributed by atoms with Crippen LogP contribution < -0.4 is 5.32 Å². The number of rotatable bonds is 1. The highest BCUT2D eigenvalue weighted by Crippen LogP contribution is 2.12. The number of carbonyl (C=O) groups excluding carboxylic acids is 1. The highest BCUT2D eigenvalue weighted by Gasteiger charge is 2.26. The normalized spacial score (nSPS) is 20.2. The summed E-state index contributed by atoms with van der Waals surface area (Å²) in [6.07, 6.45) is 1.98. The number of hydrogen-bond donors (Lipinski definition) is 3. The lowest BCUT2D eigenvalue weighted by Gasteiger charge is -2.21. The third-order valence-electron chi connectivity index (χ3n) is 1.75. The Morgan fingerprint density at radius 1 is 1.47 bits per heavy atom. The zero-order chi connectivity index (χ0) is 11.9. The summed E-state index contributed by atoms with van der Waals surface area (Å²) < 4.78 is 5.22. The van der Waals surface area contributed by atoms with Gasteiger partial charge in [-0.1, -0.05) is 0 Å². The second kappa shape index (κ2) is 6.82. The fourth-order valence-corrected chi connectivity index (χ4v) is 1.26. The second-order valence-corrected chi connectivity index (χ2v) is 4.30. The van der Waals surface area contributed by atoms with Gasteiger partial charge in [-0.15, -0.1) is 0 Å². The van der Waals surface area contributed by atoms with Crippen LogP contribution in [0.5, 0.6) is 0 Å². The number of nitrogens with one attached hydrogen (secondary N) is 1. The topological polar surface area (TPSA) is 78.8 Å². The Bertz CT molecular complexity index is 187. The largest absolute Gasteiger partial charge is 0.482 e. The Hall–Kier alpha value is -0.585. The van der Waals surface area contributed by atoms with Crippen LogP contribution in [0.2, 0.25) is 0 Å². The first kappa shape index (κ1) is 14.4. The highest BCUT2D eigenvalue weighted by molar-refractivity contribution is 6.13. The van der Waals surface area contributed by atoms with E-state index < -0.39 is 0 Å². The molecule has 0 bridgehead atoms. The van der Waals surface area contributed by atoms with Crippen LogP contribution in [0.15, 0.2) is 0 Å². The van der Waals surface area contributed by atoms with Crippen LogP contribution in [0.1, 0.15) is 33.6 Å². The van der Waals surface area contributed by atoms with Gasteiger partial charge in [-0.3, -0.25) is 4.79 Å². The molecule has 0 aromatic carbocycles. The van der Waals surface area contributed by atoms with Crippen molar-refractivity contribution in [1.29, 1.82) is 0 Å². The summed E-state index contributed by atoms with van der Waals surface area (Å²) in [5, 5.41) is 17.1. The summed E-state index contributed by atoms with van der Waals surface area (Å²) in [6, 6.07) is -0.0655. The molecule has 0 amide bonds. The molecule has 15 heavy (non-hydrogen) atoms. The molecule has 87 valence electrons. The molecular formula is C9H19BNO4. The summed E-state index contributed by atoms with van der Waals surface area (Å²) in [4.78, 5) is 11.4. The molecule has 1 fully saturated rings. The smallest absolute Gasteiger partial charge is 0.459 e. The van der Waals surface area contributed by atoms with Crippen LogP contribution in [0, 0.1) is 0 Å². The van der Waals surface area contributed by atoms with Gasteiger partial charge in [0.05, 0.1) is 0 Å². The van der Waals surface area contributed by atoms with Crippen LogP contribution in [0.3, 0.4) is 0 Å². The van der Waals surface area contributed by atoms with E-state index in [1.54, 1.807) is 0 Å². The van der Waals surface area contributed by atoms with Gasteiger partial charge < -0.3 is 20.1 Å². The lowest BCUT2D eigenvalue weighted by molar-refractivity contribution is -0.157. The molecule has 1 rings (SSSR count). The molecule has 3 N–H and O–H groups in total. The van der Waals surface area contributed by atoms with E-state index in [0.29, 0.717) is 0 Å². The fourth-order valence-electron chi connectivity index (χ4n) is 1.26. The van der Waals surface area contributed by atoms with Crippen molar-refractivity contribution in [3.8, 4) is 0 Å². The average Bonchev–Trinajstić information content (AvgIpc) is 2.53. The Morgan fingerprint density at radius 2 is 2.00 bits per heavy atom. The molecular weight excluding hydrogens is 197 g/mol. The van der Waals surface area contributed by atoms with Crippen LogP contribution in [-0.4, -0.2) is 41.9 Å². The van der Waals surface area contributed by atoms with Crippen molar-refractivity contribution in [2.75, 3.05) is 6.54 Å². The van der Waals surface area contributed by atoms with Crippen molar-refractivity contribution in [3.63, 3.8) is 0 Å². The first-order chi connectivity index (χ1) is 6.90. The van der Waals surface area contributed by atoms with Crippen molar-refractivity contribution < 1.29 is 19.6 Å². The van der Waals surface area contributed by atoms with E-state index in [0.717, 1.165) is 19.4 Å². The molecule has 5 nitrogen and oxygen atoms in total. The SMILES string of the molecule is CC(C)(C)OC(=O)[C@H]1CCCN1.O[B]O. The zero-order valence-corrected chi connectivity index (χ0v) is 9.49. The zero-order valence-electron chi connectivity index (χ0n) is 9.49. The van der Waals surface area contributed by atoms with Crippen molar-refractivity contribution >= 4 is 13.7 Å². The average molecular weight is 216 g/mol. The van der Waals surface area contributed by atoms with Gasteiger partial charge in [-0.25, -0.2) is 0 Å². The Morgan fingerprint density at radius 3 is 2.33 bits per heavy atom. The van der Waals surface area contributed by atoms with E-state index in [-0.39, 0.29) is 25.3 Å². The Kier molecular flexibility index (Phi) is 6.55. The third-order valence-corrected chi connectivity index (χ3v) is 1.75. The maximum absolute atomic E-state index is 11.4. The first-order valence-electron chi connectivity index (χ1n) is 4.97. The molecule has 0 aromatic heterocycles. The molecule has 0 aliphatic carbocycles. The highest BCUT2D eigenvalue weighted by atomic mass is 16.6. The maximum Gasteiger partial charge on any atom is 0.482 e. The number of esters is 1. The summed E-state index contributed by atoms with van der Waals surface area (Å²) >= 11 is 0. The quantitative estimate of drug-likeness (QED) is 0.410. The summed E-state index contributed by atoms with van der Waals surface area (Å²) in [7, 11) is 0. The fraction of sp³-hybridized carbons (Fsp3) is 0.889. The van der Waals surface area contributed by atoms with E-state index in [9.17, 15) is 4.79 Å². The molecule has 1 radical (unpaired) electrons. The van der Waals surface area contributed by atoms with Crippen LogP contribution in [0.4, 0.5) is 0 Å². The molecule has 0 spiro atoms. The van der Waals surface area contributed by atoms with E-state index in [1.165, 1.54) is 0 Å². The van der Waals surface area contributed by atoms with Gasteiger partial charge in [0.15, 0.2) is 0 Å². The predicted octanol–water partition coefficient (Wildman–Crippen LogP) is -0.415. The van der Waals surface area contributed by atoms with Crippen LogP contribution in [-0.2, 0) is 9.53 Å². The van der Waals surface area contributed by atoms with Crippen LogP contribution >= 0.6 is 0 Å². The second-order valence-electron chi connectivity index (χ2n) is 4.30. The summed E-state index contributed by atoms with van der Waals surface area (Å²) in [5.74, 6) is -0.111. The number of hydrogen-bond acceptors (Lipinski definition) is 5. The van der Waals surface area contributed by atoms with Gasteiger partial charge in [0, 0.05) is 0 Å². The molecule has 0 aromatic rings. The van der Waals surface area contributed by atoms with Crippen molar-refractivity contribution in [3.05, 3.63) is 0 Å². The standard InChI is InChI=1S/C9H17NO2.BH2O2/c1-9(2,3)12-8(11)7-5-4-6-10-7;2-1-3/h7,10H,4-6H2,1-3H3;2-3H/t7-;/m1./s1. The lowest BCUT2D eigenvalue weighted by atomic mass is 10.2. The van der Waals surface area contributed by atoms with E-state index in [2.05, 4.69) is 5.32 Å². The lowest BCUT2D eigenvalue weighted by Crippen LogP contribution is -2.37. The molecule has 1 atom stereocenters.